The van der Waals surface area contributed by atoms with Gasteiger partial charge in [-0.05, 0) is 32.1 Å². The Kier molecular flexibility index (Phi) is 5.16. The number of hydrogen-bond donors (Lipinski definition) is 2. The lowest BCUT2D eigenvalue weighted by molar-refractivity contribution is -0.157. The largest absolute Gasteiger partial charge is 0.481 e. The van der Waals surface area contributed by atoms with Crippen molar-refractivity contribution in [2.75, 3.05) is 6.54 Å². The summed E-state index contributed by atoms with van der Waals surface area (Å²) in [6.07, 6.45) is 8.40. The highest BCUT2D eigenvalue weighted by Gasteiger charge is 2.45. The van der Waals surface area contributed by atoms with Crippen LogP contribution < -0.4 is 5.32 Å². The molecular weight excluding hydrogens is 308 g/mol. The molecule has 0 spiro atoms. The molecular formula is C17H26N4O3. The quantitative estimate of drug-likeness (QED) is 0.740. The van der Waals surface area contributed by atoms with Crippen LogP contribution in [0.1, 0.15) is 63.0 Å². The number of fused-ring (bicyclic) bond motifs is 1. The smallest absolute Gasteiger partial charge is 0.310 e. The van der Waals surface area contributed by atoms with E-state index < -0.39 is 11.4 Å². The molecule has 7 heteroatoms. The van der Waals surface area contributed by atoms with E-state index in [4.69, 9.17) is 0 Å². The number of nitrogens with one attached hydrogen (secondary N) is 1. The van der Waals surface area contributed by atoms with Crippen LogP contribution in [0.25, 0.3) is 0 Å². The lowest BCUT2D eigenvalue weighted by Crippen LogP contribution is -2.42. The number of rotatable bonds is 7. The molecule has 0 atom stereocenters. The zero-order valence-electron chi connectivity index (χ0n) is 14.1. The maximum absolute atomic E-state index is 12.0. The number of carboxylic acids is 1. The standard InChI is InChI=1S/C17H26N4O3/c22-15(12-17(16(23)24)8-5-9-17)18-10-4-7-14-20-19-13-6-2-1-3-11-21(13)14/h1-12H2,(H,18,22)(H,23,24). The minimum absolute atomic E-state index is 0.0999. The molecule has 3 rings (SSSR count). The van der Waals surface area contributed by atoms with Crippen molar-refractivity contribution in [1.82, 2.24) is 20.1 Å². The second kappa shape index (κ2) is 7.32. The Bertz CT molecular complexity index is 607. The van der Waals surface area contributed by atoms with Crippen molar-refractivity contribution < 1.29 is 14.7 Å². The van der Waals surface area contributed by atoms with E-state index in [1.54, 1.807) is 0 Å². The number of nitrogens with zero attached hydrogens (tertiary/aromatic N) is 3. The molecule has 1 aromatic rings. The van der Waals surface area contributed by atoms with Gasteiger partial charge in [-0.15, -0.1) is 10.2 Å². The lowest BCUT2D eigenvalue weighted by atomic mass is 9.66. The number of carbonyl (C=O) groups is 2. The third kappa shape index (κ3) is 3.60. The van der Waals surface area contributed by atoms with Crippen molar-refractivity contribution in [3.8, 4) is 0 Å². The fraction of sp³-hybridized carbons (Fsp3) is 0.765. The Labute approximate surface area is 141 Å². The Morgan fingerprint density at radius 1 is 1.17 bits per heavy atom. The average molecular weight is 334 g/mol. The van der Waals surface area contributed by atoms with E-state index in [1.807, 2.05) is 0 Å². The highest BCUT2D eigenvalue weighted by molar-refractivity contribution is 5.85. The van der Waals surface area contributed by atoms with Gasteiger partial charge in [-0.3, -0.25) is 9.59 Å². The summed E-state index contributed by atoms with van der Waals surface area (Å²) < 4.78 is 2.22. The molecule has 1 aromatic heterocycles. The maximum atomic E-state index is 12.0. The van der Waals surface area contributed by atoms with Crippen LogP contribution in [0.15, 0.2) is 0 Å². The zero-order chi connectivity index (χ0) is 17.0. The summed E-state index contributed by atoms with van der Waals surface area (Å²) in [4.78, 5) is 23.3. The molecule has 24 heavy (non-hydrogen) atoms. The van der Waals surface area contributed by atoms with E-state index in [1.165, 1.54) is 19.3 Å². The summed E-state index contributed by atoms with van der Waals surface area (Å²) >= 11 is 0. The van der Waals surface area contributed by atoms with E-state index >= 15 is 0 Å². The Balaban J connectivity index is 1.42. The summed E-state index contributed by atoms with van der Waals surface area (Å²) in [7, 11) is 0. The van der Waals surface area contributed by atoms with Crippen LogP contribution in [0.4, 0.5) is 0 Å². The molecule has 132 valence electrons. The molecule has 1 aliphatic carbocycles. The number of hydrogen-bond acceptors (Lipinski definition) is 4. The molecule has 2 N–H and O–H groups in total. The van der Waals surface area contributed by atoms with Crippen molar-refractivity contribution in [2.24, 2.45) is 5.41 Å². The van der Waals surface area contributed by atoms with Gasteiger partial charge >= 0.3 is 5.97 Å². The first-order chi connectivity index (χ1) is 11.6. The average Bonchev–Trinajstić information content (AvgIpc) is 2.74. The van der Waals surface area contributed by atoms with Gasteiger partial charge in [0.05, 0.1) is 5.41 Å². The first kappa shape index (κ1) is 16.9. The molecule has 1 aliphatic heterocycles. The molecule has 1 fully saturated rings. The first-order valence-corrected chi connectivity index (χ1v) is 9.02. The molecule has 0 aromatic carbocycles. The van der Waals surface area contributed by atoms with E-state index in [0.717, 1.165) is 43.9 Å². The van der Waals surface area contributed by atoms with Gasteiger partial charge in [0, 0.05) is 32.4 Å². The Hall–Kier alpha value is -1.92. The number of carboxylic acid groups (broad SMARTS) is 1. The fourth-order valence-corrected chi connectivity index (χ4v) is 3.64. The number of amides is 1. The predicted molar refractivity (Wildman–Crippen MR) is 87.4 cm³/mol. The second-order valence-electron chi connectivity index (χ2n) is 7.06. The number of aliphatic carboxylic acids is 1. The van der Waals surface area contributed by atoms with Crippen molar-refractivity contribution in [2.45, 2.75) is 70.8 Å². The van der Waals surface area contributed by atoms with Gasteiger partial charge in [0.1, 0.15) is 11.6 Å². The topological polar surface area (TPSA) is 97.1 Å². The minimum atomic E-state index is -0.838. The van der Waals surface area contributed by atoms with Crippen LogP contribution in [-0.4, -0.2) is 38.3 Å². The van der Waals surface area contributed by atoms with Crippen molar-refractivity contribution in [3.63, 3.8) is 0 Å². The zero-order valence-corrected chi connectivity index (χ0v) is 14.1. The van der Waals surface area contributed by atoms with Gasteiger partial charge in [0.15, 0.2) is 0 Å². The Morgan fingerprint density at radius 3 is 2.71 bits per heavy atom. The van der Waals surface area contributed by atoms with Gasteiger partial charge in [-0.25, -0.2) is 0 Å². The van der Waals surface area contributed by atoms with Gasteiger partial charge in [-0.2, -0.15) is 0 Å². The third-order valence-electron chi connectivity index (χ3n) is 5.35. The monoisotopic (exact) mass is 334 g/mol. The minimum Gasteiger partial charge on any atom is -0.481 e. The van der Waals surface area contributed by atoms with Gasteiger partial charge in [0.25, 0.3) is 0 Å². The highest BCUT2D eigenvalue weighted by Crippen LogP contribution is 2.44. The van der Waals surface area contributed by atoms with Crippen LogP contribution in [0.5, 0.6) is 0 Å². The number of aryl methyl sites for hydroxylation is 2. The molecule has 0 radical (unpaired) electrons. The van der Waals surface area contributed by atoms with E-state index in [2.05, 4.69) is 20.1 Å². The van der Waals surface area contributed by atoms with Crippen molar-refractivity contribution in [1.29, 1.82) is 0 Å². The summed E-state index contributed by atoms with van der Waals surface area (Å²) in [6.45, 7) is 1.54. The number of aromatic nitrogens is 3. The third-order valence-corrected chi connectivity index (χ3v) is 5.35. The molecule has 0 bridgehead atoms. The predicted octanol–water partition coefficient (Wildman–Crippen LogP) is 1.70. The van der Waals surface area contributed by atoms with Crippen molar-refractivity contribution >= 4 is 11.9 Å². The summed E-state index contributed by atoms with van der Waals surface area (Å²) in [6, 6.07) is 0. The van der Waals surface area contributed by atoms with Crippen LogP contribution in [0, 0.1) is 5.41 Å². The van der Waals surface area contributed by atoms with Gasteiger partial charge in [-0.1, -0.05) is 12.8 Å². The normalized spacial score (nSPS) is 19.0. The van der Waals surface area contributed by atoms with Crippen molar-refractivity contribution in [3.05, 3.63) is 11.6 Å². The maximum Gasteiger partial charge on any atom is 0.310 e. The van der Waals surface area contributed by atoms with Gasteiger partial charge in [0.2, 0.25) is 5.91 Å². The Morgan fingerprint density at radius 2 is 2.00 bits per heavy atom. The van der Waals surface area contributed by atoms with E-state index in [0.29, 0.717) is 19.4 Å². The summed E-state index contributed by atoms with van der Waals surface area (Å²) in [5.41, 5.74) is -0.811. The highest BCUT2D eigenvalue weighted by atomic mass is 16.4. The fourth-order valence-electron chi connectivity index (χ4n) is 3.64. The molecule has 0 saturated heterocycles. The molecule has 1 amide bonds. The molecule has 2 aliphatic rings. The molecule has 7 nitrogen and oxygen atoms in total. The van der Waals surface area contributed by atoms with E-state index in [9.17, 15) is 14.7 Å². The lowest BCUT2D eigenvalue weighted by Gasteiger charge is -2.36. The SMILES string of the molecule is O=C(CC1(C(=O)O)CCC1)NCCCc1nnc2n1CCCCC2. The van der Waals surface area contributed by atoms with Crippen LogP contribution in [0.3, 0.4) is 0 Å². The summed E-state index contributed by atoms with van der Waals surface area (Å²) in [5, 5.41) is 20.7. The van der Waals surface area contributed by atoms with E-state index in [-0.39, 0.29) is 12.3 Å². The molecule has 2 heterocycles. The molecule has 0 unspecified atom stereocenters. The van der Waals surface area contributed by atoms with Gasteiger partial charge < -0.3 is 15.0 Å². The number of carbonyl (C=O) groups excluding carboxylic acids is 1. The first-order valence-electron chi connectivity index (χ1n) is 9.02. The van der Waals surface area contributed by atoms with Crippen LogP contribution >= 0.6 is 0 Å². The van der Waals surface area contributed by atoms with Crippen LogP contribution in [-0.2, 0) is 29.0 Å². The molecule has 1 saturated carbocycles. The summed E-state index contributed by atoms with van der Waals surface area (Å²) in [5.74, 6) is 1.09. The second-order valence-corrected chi connectivity index (χ2v) is 7.06. The van der Waals surface area contributed by atoms with Crippen LogP contribution in [0.2, 0.25) is 0 Å².